The van der Waals surface area contributed by atoms with Crippen LogP contribution in [-0.4, -0.2) is 25.8 Å². The van der Waals surface area contributed by atoms with Gasteiger partial charge in [0.1, 0.15) is 4.21 Å². The summed E-state index contributed by atoms with van der Waals surface area (Å²) >= 11 is 1.16. The van der Waals surface area contributed by atoms with Crippen molar-refractivity contribution in [1.82, 2.24) is 4.90 Å². The molecule has 3 aromatic rings. The summed E-state index contributed by atoms with van der Waals surface area (Å²) in [5.74, 6) is -0.0287. The highest BCUT2D eigenvalue weighted by atomic mass is 32.2. The van der Waals surface area contributed by atoms with Crippen molar-refractivity contribution in [3.8, 4) is 0 Å². The van der Waals surface area contributed by atoms with E-state index >= 15 is 0 Å². The van der Waals surface area contributed by atoms with Crippen LogP contribution in [0, 0.1) is 0 Å². The second-order valence-corrected chi connectivity index (χ2v) is 9.54. The first kappa shape index (κ1) is 18.7. The van der Waals surface area contributed by atoms with Crippen LogP contribution in [0.5, 0.6) is 0 Å². The second-order valence-electron chi connectivity index (χ2n) is 6.68. The molecule has 0 spiro atoms. The van der Waals surface area contributed by atoms with Gasteiger partial charge in [-0.15, -0.1) is 11.3 Å². The van der Waals surface area contributed by atoms with Gasteiger partial charge in [0, 0.05) is 17.8 Å². The number of carbonyl (C=O) groups is 1. The number of anilines is 1. The van der Waals surface area contributed by atoms with Crippen molar-refractivity contribution in [2.24, 2.45) is 0 Å². The van der Waals surface area contributed by atoms with E-state index in [-0.39, 0.29) is 16.2 Å². The maximum Gasteiger partial charge on any atom is 0.271 e. The number of hydrogen-bond donors (Lipinski definition) is 1. The van der Waals surface area contributed by atoms with Crippen molar-refractivity contribution in [2.75, 3.05) is 11.3 Å². The molecule has 1 fully saturated rings. The van der Waals surface area contributed by atoms with Gasteiger partial charge in [-0.3, -0.25) is 9.52 Å². The molecule has 1 atom stereocenters. The Kier molecular flexibility index (Phi) is 5.19. The molecule has 0 aliphatic carbocycles. The van der Waals surface area contributed by atoms with Gasteiger partial charge in [0.15, 0.2) is 0 Å². The number of benzene rings is 2. The lowest BCUT2D eigenvalue weighted by Gasteiger charge is -2.25. The smallest absolute Gasteiger partial charge is 0.271 e. The van der Waals surface area contributed by atoms with Crippen molar-refractivity contribution >= 4 is 33.0 Å². The maximum atomic E-state index is 13.0. The predicted molar refractivity (Wildman–Crippen MR) is 111 cm³/mol. The molecule has 144 valence electrons. The zero-order valence-electron chi connectivity index (χ0n) is 15.1. The molecule has 1 aliphatic rings. The van der Waals surface area contributed by atoms with E-state index in [1.807, 2.05) is 23.1 Å². The van der Waals surface area contributed by atoms with Gasteiger partial charge < -0.3 is 4.90 Å². The standard InChI is InChI=1S/C21H20N2O3S2/c24-21(23-14-4-8-19(23)16-6-2-1-3-7-16)17-10-12-18(13-11-17)22-28(25,26)20-9-5-15-27-20/h1-3,5-7,9-13,15,19,22H,4,8,14H2. The van der Waals surface area contributed by atoms with E-state index in [9.17, 15) is 13.2 Å². The normalized spacial score (nSPS) is 16.9. The molecule has 4 rings (SSSR count). The van der Waals surface area contributed by atoms with Crippen LogP contribution >= 0.6 is 11.3 Å². The van der Waals surface area contributed by atoms with Crippen molar-refractivity contribution in [2.45, 2.75) is 23.1 Å². The average Bonchev–Trinajstić information content (AvgIpc) is 3.41. The summed E-state index contributed by atoms with van der Waals surface area (Å²) in [5, 5.41) is 1.72. The van der Waals surface area contributed by atoms with Gasteiger partial charge in [0.2, 0.25) is 0 Å². The van der Waals surface area contributed by atoms with Crippen LogP contribution < -0.4 is 4.72 Å². The number of nitrogens with one attached hydrogen (secondary N) is 1. The minimum Gasteiger partial charge on any atom is -0.332 e. The van der Waals surface area contributed by atoms with Crippen molar-refractivity contribution in [3.05, 3.63) is 83.2 Å². The van der Waals surface area contributed by atoms with E-state index in [2.05, 4.69) is 16.9 Å². The maximum absolute atomic E-state index is 13.0. The number of amides is 1. The van der Waals surface area contributed by atoms with Crippen molar-refractivity contribution < 1.29 is 13.2 Å². The van der Waals surface area contributed by atoms with Gasteiger partial charge in [-0.2, -0.15) is 0 Å². The van der Waals surface area contributed by atoms with Gasteiger partial charge in [0.25, 0.3) is 15.9 Å². The molecular formula is C21H20N2O3S2. The zero-order valence-corrected chi connectivity index (χ0v) is 16.7. The van der Waals surface area contributed by atoms with E-state index in [1.165, 1.54) is 0 Å². The lowest BCUT2D eigenvalue weighted by Crippen LogP contribution is -2.30. The number of nitrogens with zero attached hydrogens (tertiary/aromatic N) is 1. The van der Waals surface area contributed by atoms with Crippen molar-refractivity contribution in [3.63, 3.8) is 0 Å². The average molecular weight is 413 g/mol. The lowest BCUT2D eigenvalue weighted by molar-refractivity contribution is 0.0735. The molecular weight excluding hydrogens is 392 g/mol. The summed E-state index contributed by atoms with van der Waals surface area (Å²) in [4.78, 5) is 14.9. The third kappa shape index (κ3) is 3.81. The van der Waals surface area contributed by atoms with Crippen LogP contribution in [0.1, 0.15) is 34.8 Å². The predicted octanol–water partition coefficient (Wildman–Crippen LogP) is 4.53. The second kappa shape index (κ2) is 7.77. The fourth-order valence-corrected chi connectivity index (χ4v) is 5.55. The minimum atomic E-state index is -3.59. The highest BCUT2D eigenvalue weighted by Gasteiger charge is 2.30. The molecule has 1 amide bonds. The molecule has 1 aliphatic heterocycles. The first-order valence-corrected chi connectivity index (χ1v) is 11.4. The third-order valence-electron chi connectivity index (χ3n) is 4.84. The number of carbonyl (C=O) groups excluding carboxylic acids is 1. The Balaban J connectivity index is 1.50. The van der Waals surface area contributed by atoms with Gasteiger partial charge >= 0.3 is 0 Å². The van der Waals surface area contributed by atoms with Gasteiger partial charge in [-0.25, -0.2) is 8.42 Å². The largest absolute Gasteiger partial charge is 0.332 e. The Morgan fingerprint density at radius 2 is 1.75 bits per heavy atom. The molecule has 1 saturated heterocycles. The molecule has 0 saturated carbocycles. The highest BCUT2D eigenvalue weighted by molar-refractivity contribution is 7.94. The fourth-order valence-electron chi connectivity index (χ4n) is 3.50. The van der Waals surface area contributed by atoms with Crippen LogP contribution in [0.4, 0.5) is 5.69 Å². The summed E-state index contributed by atoms with van der Waals surface area (Å²) in [6.45, 7) is 0.727. The summed E-state index contributed by atoms with van der Waals surface area (Å²) < 4.78 is 27.4. The lowest BCUT2D eigenvalue weighted by atomic mass is 10.0. The summed E-state index contributed by atoms with van der Waals surface area (Å²) in [5.41, 5.74) is 2.14. The molecule has 1 N–H and O–H groups in total. The molecule has 0 radical (unpaired) electrons. The number of rotatable bonds is 5. The third-order valence-corrected chi connectivity index (χ3v) is 7.62. The molecule has 2 heterocycles. The van der Waals surface area contributed by atoms with E-state index in [0.29, 0.717) is 11.3 Å². The van der Waals surface area contributed by atoms with Gasteiger partial charge in [-0.05, 0) is 54.1 Å². The van der Waals surface area contributed by atoms with E-state index < -0.39 is 10.0 Å². The topological polar surface area (TPSA) is 66.5 Å². The van der Waals surface area contributed by atoms with Crippen LogP contribution in [0.15, 0.2) is 76.3 Å². The molecule has 28 heavy (non-hydrogen) atoms. The van der Waals surface area contributed by atoms with Gasteiger partial charge in [-0.1, -0.05) is 36.4 Å². The molecule has 5 nitrogen and oxygen atoms in total. The first-order chi connectivity index (χ1) is 13.5. The number of hydrogen-bond acceptors (Lipinski definition) is 4. The summed E-state index contributed by atoms with van der Waals surface area (Å²) in [6.07, 6.45) is 1.93. The van der Waals surface area contributed by atoms with Crippen LogP contribution in [-0.2, 0) is 10.0 Å². The van der Waals surface area contributed by atoms with E-state index in [0.717, 1.165) is 36.3 Å². The number of thiophene rings is 1. The highest BCUT2D eigenvalue weighted by Crippen LogP contribution is 2.33. The fraction of sp³-hybridized carbons (Fsp3) is 0.190. The summed E-state index contributed by atoms with van der Waals surface area (Å²) in [7, 11) is -3.59. The van der Waals surface area contributed by atoms with E-state index in [1.54, 1.807) is 41.8 Å². The molecule has 7 heteroatoms. The molecule has 0 bridgehead atoms. The zero-order chi connectivity index (χ0) is 19.6. The number of sulfonamides is 1. The van der Waals surface area contributed by atoms with Gasteiger partial charge in [0.05, 0.1) is 6.04 Å². The van der Waals surface area contributed by atoms with Crippen LogP contribution in [0.25, 0.3) is 0 Å². The number of likely N-dealkylation sites (tertiary alicyclic amines) is 1. The molecule has 1 aromatic heterocycles. The quantitative estimate of drug-likeness (QED) is 0.670. The Labute approximate surface area is 168 Å². The Bertz CT molecular complexity index is 1050. The van der Waals surface area contributed by atoms with Crippen molar-refractivity contribution in [1.29, 1.82) is 0 Å². The van der Waals surface area contributed by atoms with E-state index in [4.69, 9.17) is 0 Å². The SMILES string of the molecule is O=C(c1ccc(NS(=O)(=O)c2cccs2)cc1)N1CCCC1c1ccccc1. The monoisotopic (exact) mass is 412 g/mol. The minimum absolute atomic E-state index is 0.0287. The molecule has 2 aromatic carbocycles. The van der Waals surface area contributed by atoms with Crippen LogP contribution in [0.3, 0.4) is 0 Å². The summed E-state index contributed by atoms with van der Waals surface area (Å²) in [6, 6.07) is 20.0. The Hall–Kier alpha value is -2.64. The van der Waals surface area contributed by atoms with Crippen LogP contribution in [0.2, 0.25) is 0 Å². The Morgan fingerprint density at radius 1 is 1.00 bits per heavy atom. The Morgan fingerprint density at radius 3 is 2.43 bits per heavy atom. The molecule has 1 unspecified atom stereocenters. The first-order valence-electron chi connectivity index (χ1n) is 9.07.